The molecule has 11 N–H and O–H groups in total. The van der Waals surface area contributed by atoms with E-state index in [-0.39, 0.29) is 124 Å². The molecule has 1 aliphatic rings. The van der Waals surface area contributed by atoms with Gasteiger partial charge in [-0.2, -0.15) is 0 Å². The van der Waals surface area contributed by atoms with E-state index in [2.05, 4.69) is 25.9 Å². The molecule has 1 aliphatic heterocycles. The first kappa shape index (κ1) is 98.3. The molecule has 14 atom stereocenters. The third-order valence-electron chi connectivity index (χ3n) is 21.6. The molecule has 2 heterocycles. The van der Waals surface area contributed by atoms with Crippen LogP contribution in [0.15, 0.2) is 23.2 Å². The fourth-order valence-electron chi connectivity index (χ4n) is 14.8. The lowest BCUT2D eigenvalue weighted by Gasteiger charge is -2.41. The van der Waals surface area contributed by atoms with Gasteiger partial charge in [0, 0.05) is 105 Å². The quantitative estimate of drug-likeness (QED) is 0.0354. The minimum absolute atomic E-state index is 0.0106. The van der Waals surface area contributed by atoms with Crippen molar-refractivity contribution in [2.75, 3.05) is 62.4 Å². The summed E-state index contributed by atoms with van der Waals surface area (Å²) in [5, 5.41) is 21.1. The topological polar surface area (TPSA) is 437 Å². The third kappa shape index (κ3) is 28.3. The number of benzene rings is 1. The van der Waals surface area contributed by atoms with Crippen LogP contribution >= 0.6 is 0 Å². The first-order valence-electron chi connectivity index (χ1n) is 40.3. The number of aliphatic hydroxyl groups is 1. The Bertz CT molecular complexity index is 3660. The van der Waals surface area contributed by atoms with Crippen molar-refractivity contribution >= 4 is 99.3 Å². The Labute approximate surface area is 670 Å². The number of primary amides is 1. The van der Waals surface area contributed by atoms with Crippen molar-refractivity contribution in [3.05, 3.63) is 29.6 Å². The lowest BCUT2D eigenvalue weighted by Crippen LogP contribution is -2.62. The molecular formula is C82H138N16O15. The number of carbonyl (C=O) groups is 14. The van der Waals surface area contributed by atoms with Gasteiger partial charge < -0.3 is 77.5 Å². The predicted molar refractivity (Wildman–Crippen MR) is 434 cm³/mol. The van der Waals surface area contributed by atoms with E-state index in [1.54, 1.807) is 47.6 Å². The highest BCUT2D eigenvalue weighted by Gasteiger charge is 2.46. The van der Waals surface area contributed by atoms with Crippen LogP contribution < -0.4 is 33.2 Å². The first-order valence-corrected chi connectivity index (χ1v) is 40.3. The summed E-state index contributed by atoms with van der Waals surface area (Å²) in [5.74, 6) is -14.5. The van der Waals surface area contributed by atoms with Crippen LogP contribution in [0.1, 0.15) is 211 Å². The Morgan fingerprint density at radius 2 is 1.08 bits per heavy atom. The molecule has 0 bridgehead atoms. The smallest absolute Gasteiger partial charge is 0.252 e. The van der Waals surface area contributed by atoms with Gasteiger partial charge in [-0.3, -0.25) is 72.1 Å². The number of aromatic nitrogens is 2. The lowest BCUT2D eigenvalue weighted by molar-refractivity contribution is -0.157. The number of amides is 11. The van der Waals surface area contributed by atoms with Crippen molar-refractivity contribution in [2.24, 2.45) is 87.3 Å². The maximum Gasteiger partial charge on any atom is 0.252 e. The molecule has 1 fully saturated rings. The van der Waals surface area contributed by atoms with Crippen molar-refractivity contribution in [1.82, 2.24) is 60.2 Å². The maximum atomic E-state index is 15.7. The summed E-state index contributed by atoms with van der Waals surface area (Å²) < 4.78 is 0. The third-order valence-corrected chi connectivity index (χ3v) is 21.6. The van der Waals surface area contributed by atoms with E-state index in [1.165, 1.54) is 99.8 Å². The molecule has 31 heteroatoms. The Hall–Kier alpha value is -8.90. The minimum atomic E-state index is -1.73. The average Bonchev–Trinajstić information content (AvgIpc) is 1.68. The number of hydrogen-bond acceptors (Lipinski definition) is 17. The molecule has 1 saturated heterocycles. The van der Waals surface area contributed by atoms with E-state index in [4.69, 9.17) is 22.2 Å². The van der Waals surface area contributed by atoms with Crippen LogP contribution in [-0.4, -0.2) is 261 Å². The zero-order valence-corrected chi connectivity index (χ0v) is 72.2. The van der Waals surface area contributed by atoms with E-state index in [0.29, 0.717) is 11.0 Å². The zero-order valence-electron chi connectivity index (χ0n) is 72.2. The molecule has 3 rings (SSSR count). The van der Waals surface area contributed by atoms with Gasteiger partial charge in [-0.25, -0.2) is 4.98 Å². The fourth-order valence-corrected chi connectivity index (χ4v) is 14.8. The molecule has 1 aromatic carbocycles. The largest absolute Gasteiger partial charge is 0.390 e. The summed E-state index contributed by atoms with van der Waals surface area (Å²) >= 11 is 0. The molecule has 0 aliphatic carbocycles. The second kappa shape index (κ2) is 44.7. The standard InChI is InChI=1S/C82H138N16O15/c1-26-53-40-66(101)70(71(103)50(16)38-67-88-56-30-29-54(39-58(56)89-67)74(106)90-57(28-27-31-86-82(84)85)75(107)91-59(72(83)104)32-43(2)3)98(25)81(113)69(49(14)15)97(24)80(112)63(36-47(10)11)96(23)79(111)62(35-46(8)9)95(22)76(108)52(18)87-73(105)51(17)37-64(99)61(34-45(6)7)94(21)78(110)55(48(12)13)41-65(100)60(33-44(4)5)93(20)68(102)42-92(19)77(53)109/h29-30,39,43-53,55,57,59-63,69-71,103H,26-28,31-38,40-42H2,1-25H3,(H2,83,104)(H,87,105)(H,88,89)(H,90,106)(H,91,107)(H4,84,85,86)/t50-,51-,52-,53-,55+,57+,59+,60+,61+,62+,63+,69+,70-,71-/m1/s1. The van der Waals surface area contributed by atoms with Gasteiger partial charge in [0.1, 0.15) is 48.1 Å². The number of hydrogen-bond donors (Lipinski definition) is 8. The number of fused-ring (bicyclic) bond motifs is 1. The van der Waals surface area contributed by atoms with E-state index in [9.17, 15) is 53.1 Å². The van der Waals surface area contributed by atoms with E-state index in [1.807, 2.05) is 69.2 Å². The number of guanidine groups is 1. The Kier molecular flexibility index (Phi) is 38.9. The van der Waals surface area contributed by atoms with Crippen LogP contribution in [0.5, 0.6) is 0 Å². The van der Waals surface area contributed by atoms with Crippen molar-refractivity contribution in [2.45, 2.75) is 262 Å². The number of nitrogens with two attached hydrogens (primary N) is 3. The van der Waals surface area contributed by atoms with E-state index in [0.717, 1.165) is 9.80 Å². The average molecular weight is 1590 g/mol. The summed E-state index contributed by atoms with van der Waals surface area (Å²) in [6.07, 6.45) is -1.75. The first-order chi connectivity index (χ1) is 52.4. The van der Waals surface area contributed by atoms with Crippen molar-refractivity contribution < 1.29 is 72.2 Å². The van der Waals surface area contributed by atoms with Gasteiger partial charge in [0.2, 0.25) is 59.1 Å². The molecule has 2 aromatic rings. The summed E-state index contributed by atoms with van der Waals surface area (Å²) in [5.41, 5.74) is 17.6. The van der Waals surface area contributed by atoms with Crippen molar-refractivity contribution in [3.63, 3.8) is 0 Å². The molecule has 113 heavy (non-hydrogen) atoms. The Balaban J connectivity index is 2.33. The van der Waals surface area contributed by atoms with Crippen LogP contribution in [0.2, 0.25) is 0 Å². The minimum Gasteiger partial charge on any atom is -0.390 e. The second-order valence-electron chi connectivity index (χ2n) is 34.4. The normalized spacial score (nSPS) is 23.8. The molecular weight excluding hydrogens is 1450 g/mol. The van der Waals surface area contributed by atoms with Crippen molar-refractivity contribution in [1.29, 1.82) is 0 Å². The Morgan fingerprint density at radius 1 is 0.575 bits per heavy atom. The van der Waals surface area contributed by atoms with Crippen LogP contribution in [0.25, 0.3) is 11.0 Å². The van der Waals surface area contributed by atoms with Crippen LogP contribution in [0.3, 0.4) is 0 Å². The molecule has 0 radical (unpaired) electrons. The number of aliphatic hydroxyl groups excluding tert-OH is 1. The number of ketones is 3. The fraction of sp³-hybridized carbons (Fsp3) is 0.732. The number of Topliss-reactive ketones (excluding diaryl/α,β-unsaturated/α-hetero) is 3. The van der Waals surface area contributed by atoms with Gasteiger partial charge in [-0.1, -0.05) is 118 Å². The summed E-state index contributed by atoms with van der Waals surface area (Å²) in [4.78, 5) is 225. The summed E-state index contributed by atoms with van der Waals surface area (Å²) in [6.45, 7) is 31.6. The van der Waals surface area contributed by atoms with Crippen LogP contribution in [0.4, 0.5) is 0 Å². The number of imidazole rings is 1. The van der Waals surface area contributed by atoms with Crippen LogP contribution in [-0.2, 0) is 68.7 Å². The second-order valence-corrected chi connectivity index (χ2v) is 34.4. The van der Waals surface area contributed by atoms with Gasteiger partial charge in [0.05, 0.1) is 35.8 Å². The van der Waals surface area contributed by atoms with E-state index >= 15 is 19.2 Å². The van der Waals surface area contributed by atoms with Gasteiger partial charge in [-0.15, -0.1) is 0 Å². The molecule has 0 saturated carbocycles. The monoisotopic (exact) mass is 1590 g/mol. The summed E-state index contributed by atoms with van der Waals surface area (Å²) in [6, 6.07) is -6.43. The van der Waals surface area contributed by atoms with Gasteiger partial charge in [-0.05, 0) is 124 Å². The van der Waals surface area contributed by atoms with E-state index < -0.39 is 191 Å². The zero-order chi connectivity index (χ0) is 86.4. The molecule has 31 nitrogen and oxygen atoms in total. The number of nitrogens with one attached hydrogen (secondary N) is 4. The molecule has 1 aromatic heterocycles. The number of H-pyrrole nitrogens is 1. The number of nitrogens with zero attached hydrogens (tertiary/aromatic N) is 9. The van der Waals surface area contributed by atoms with Crippen LogP contribution in [0, 0.1) is 65.1 Å². The number of rotatable bonds is 26. The molecule has 0 spiro atoms. The highest BCUT2D eigenvalue weighted by Crippen LogP contribution is 2.30. The summed E-state index contributed by atoms with van der Waals surface area (Å²) in [7, 11) is 9.96. The van der Waals surface area contributed by atoms with Gasteiger partial charge in [0.25, 0.3) is 5.91 Å². The number of likely N-dealkylation sites (N-methyl/N-ethyl adjacent to an activating group) is 7. The SMILES string of the molecule is CC[C@@H]1CC(=O)[C@H]([C@H](O)[C@H](C)Cc2nc3ccc(C(=O)N[C@@H](CCCN=C(N)N)C(=O)N[C@@H](CC(C)C)C(N)=O)cc3[nH]2)N(C)C(=O)[C@H](C(C)C)N(C)C(=O)[C@H](CC(C)C)N(C)C(=O)[C@H](CC(C)C)N(C)C(=O)[C@@H](C)NC(=O)[C@H](C)CC(=O)[C@H](CC(C)C)N(C)C(=O)[C@H](C(C)C)CC(=O)[C@H](CC(C)C)N(C)C(=O)CN(C)C1=O. The number of aromatic amines is 1. The lowest BCUT2D eigenvalue weighted by atomic mass is 9.84. The van der Waals surface area contributed by atoms with Crippen molar-refractivity contribution in [3.8, 4) is 0 Å². The molecule has 0 unspecified atom stereocenters. The van der Waals surface area contributed by atoms with Gasteiger partial charge >= 0.3 is 0 Å². The predicted octanol–water partition coefficient (Wildman–Crippen LogP) is 4.86. The number of carbonyl (C=O) groups excluding carboxylic acids is 14. The number of aliphatic imine (C=N–C) groups is 1. The van der Waals surface area contributed by atoms with Gasteiger partial charge in [0.15, 0.2) is 23.3 Å². The maximum absolute atomic E-state index is 15.7. The molecule has 11 amide bonds. The Morgan fingerprint density at radius 3 is 1.58 bits per heavy atom. The highest BCUT2D eigenvalue weighted by molar-refractivity contribution is 6.02. The molecule has 636 valence electrons. The highest BCUT2D eigenvalue weighted by atomic mass is 16.3.